The van der Waals surface area contributed by atoms with Crippen LogP contribution in [0.1, 0.15) is 16.4 Å². The predicted molar refractivity (Wildman–Crippen MR) is 73.8 cm³/mol. The van der Waals surface area contributed by atoms with Gasteiger partial charge in [0, 0.05) is 10.8 Å². The van der Waals surface area contributed by atoms with Gasteiger partial charge >= 0.3 is 0 Å². The summed E-state index contributed by atoms with van der Waals surface area (Å²) in [6, 6.07) is 19.3. The van der Waals surface area contributed by atoms with E-state index in [9.17, 15) is 9.00 Å². The number of benzene rings is 2. The van der Waals surface area contributed by atoms with Gasteiger partial charge in [-0.1, -0.05) is 60.7 Å². The van der Waals surface area contributed by atoms with E-state index < -0.39 is 10.8 Å². The van der Waals surface area contributed by atoms with Crippen LogP contribution in [0, 0.1) is 0 Å². The standard InChI is InChI=1S/C15H14O2S/c16-11-12-18(17)15(13-7-3-1-4-8-13)14-9-5-2-6-10-14/h1-11,15H,12H2. The first-order valence-electron chi connectivity index (χ1n) is 5.73. The SMILES string of the molecule is O=CCS(=O)C(c1ccccc1)c1ccccc1. The highest BCUT2D eigenvalue weighted by Crippen LogP contribution is 2.27. The van der Waals surface area contributed by atoms with E-state index in [1.165, 1.54) is 0 Å². The smallest absolute Gasteiger partial charge is 0.132 e. The van der Waals surface area contributed by atoms with Crippen molar-refractivity contribution < 1.29 is 9.00 Å². The van der Waals surface area contributed by atoms with E-state index in [4.69, 9.17) is 0 Å². The zero-order chi connectivity index (χ0) is 12.8. The zero-order valence-corrected chi connectivity index (χ0v) is 10.7. The number of hydrogen-bond acceptors (Lipinski definition) is 2. The van der Waals surface area contributed by atoms with Gasteiger partial charge in [-0.05, 0) is 11.1 Å². The van der Waals surface area contributed by atoms with Gasteiger partial charge in [0.05, 0.1) is 11.0 Å². The predicted octanol–water partition coefficient (Wildman–Crippen LogP) is 2.72. The molecule has 1 unspecified atom stereocenters. The molecular formula is C15H14O2S. The van der Waals surface area contributed by atoms with E-state index in [2.05, 4.69) is 0 Å². The third kappa shape index (κ3) is 2.93. The van der Waals surface area contributed by atoms with E-state index in [1.54, 1.807) is 0 Å². The van der Waals surface area contributed by atoms with Crippen molar-refractivity contribution >= 4 is 17.1 Å². The summed E-state index contributed by atoms with van der Waals surface area (Å²) in [5.74, 6) is 0.0639. The van der Waals surface area contributed by atoms with Crippen LogP contribution < -0.4 is 0 Å². The molecule has 0 aliphatic carbocycles. The lowest BCUT2D eigenvalue weighted by Gasteiger charge is -2.16. The van der Waals surface area contributed by atoms with Crippen molar-refractivity contribution in [2.24, 2.45) is 0 Å². The molecule has 0 amide bonds. The quantitative estimate of drug-likeness (QED) is 0.773. The lowest BCUT2D eigenvalue weighted by atomic mass is 10.0. The summed E-state index contributed by atoms with van der Waals surface area (Å²) in [6.45, 7) is 0. The van der Waals surface area contributed by atoms with Crippen LogP contribution in [0.3, 0.4) is 0 Å². The summed E-state index contributed by atoms with van der Waals surface area (Å²) in [4.78, 5) is 10.6. The zero-order valence-electron chi connectivity index (χ0n) is 9.86. The number of rotatable bonds is 5. The van der Waals surface area contributed by atoms with E-state index in [-0.39, 0.29) is 11.0 Å². The minimum atomic E-state index is -1.23. The minimum Gasteiger partial charge on any atom is -0.302 e. The molecule has 0 radical (unpaired) electrons. The summed E-state index contributed by atoms with van der Waals surface area (Å²) in [6.07, 6.45) is 0.717. The van der Waals surface area contributed by atoms with Gasteiger partial charge in [0.15, 0.2) is 0 Å². The third-order valence-corrected chi connectivity index (χ3v) is 4.23. The van der Waals surface area contributed by atoms with Crippen molar-refractivity contribution in [2.45, 2.75) is 5.25 Å². The van der Waals surface area contributed by atoms with Crippen molar-refractivity contribution in [3.05, 3.63) is 71.8 Å². The molecule has 0 saturated carbocycles. The fourth-order valence-electron chi connectivity index (χ4n) is 1.91. The van der Waals surface area contributed by atoms with Crippen molar-refractivity contribution in [3.8, 4) is 0 Å². The van der Waals surface area contributed by atoms with Crippen LogP contribution >= 0.6 is 0 Å². The first-order valence-corrected chi connectivity index (χ1v) is 7.12. The molecule has 3 heteroatoms. The third-order valence-electron chi connectivity index (χ3n) is 2.70. The van der Waals surface area contributed by atoms with Gasteiger partial charge < -0.3 is 4.79 Å². The van der Waals surface area contributed by atoms with Crippen LogP contribution in [0.5, 0.6) is 0 Å². The van der Waals surface area contributed by atoms with Gasteiger partial charge in [-0.3, -0.25) is 4.21 Å². The molecule has 0 spiro atoms. The van der Waals surface area contributed by atoms with Gasteiger partial charge in [0.25, 0.3) is 0 Å². The molecule has 0 fully saturated rings. The first kappa shape index (κ1) is 12.7. The van der Waals surface area contributed by atoms with Gasteiger partial charge in [-0.2, -0.15) is 0 Å². The molecule has 2 nitrogen and oxygen atoms in total. The molecular weight excluding hydrogens is 244 g/mol. The average molecular weight is 258 g/mol. The largest absolute Gasteiger partial charge is 0.302 e. The molecule has 0 aliphatic heterocycles. The van der Waals surface area contributed by atoms with E-state index >= 15 is 0 Å². The van der Waals surface area contributed by atoms with Gasteiger partial charge in [-0.25, -0.2) is 0 Å². The maximum atomic E-state index is 12.2. The van der Waals surface area contributed by atoms with Crippen LogP contribution in [0.2, 0.25) is 0 Å². The van der Waals surface area contributed by atoms with E-state index in [0.717, 1.165) is 17.4 Å². The highest BCUT2D eigenvalue weighted by Gasteiger charge is 2.20. The van der Waals surface area contributed by atoms with E-state index in [1.807, 2.05) is 60.7 Å². The second-order valence-electron chi connectivity index (χ2n) is 3.92. The Morgan fingerprint density at radius 2 is 1.33 bits per heavy atom. The Hall–Kier alpha value is -1.74. The molecule has 18 heavy (non-hydrogen) atoms. The summed E-state index contributed by atoms with van der Waals surface area (Å²) in [5.41, 5.74) is 1.95. The van der Waals surface area contributed by atoms with Crippen molar-refractivity contribution in [3.63, 3.8) is 0 Å². The number of hydrogen-bond donors (Lipinski definition) is 0. The van der Waals surface area contributed by atoms with Gasteiger partial charge in [0.2, 0.25) is 0 Å². The number of aldehydes is 1. The molecule has 2 aromatic carbocycles. The molecule has 0 heterocycles. The Kier molecular flexibility index (Phi) is 4.42. The first-order chi connectivity index (χ1) is 8.83. The lowest BCUT2D eigenvalue weighted by molar-refractivity contribution is -0.105. The molecule has 0 aromatic heterocycles. The Labute approximate surface area is 109 Å². The fourth-order valence-corrected chi connectivity index (χ4v) is 3.16. The summed E-state index contributed by atoms with van der Waals surface area (Å²) < 4.78 is 12.2. The maximum absolute atomic E-state index is 12.2. The van der Waals surface area contributed by atoms with Crippen LogP contribution in [-0.4, -0.2) is 16.2 Å². The molecule has 2 rings (SSSR count). The number of carbonyl (C=O) groups excluding carboxylic acids is 1. The van der Waals surface area contributed by atoms with Crippen molar-refractivity contribution in [1.29, 1.82) is 0 Å². The second kappa shape index (κ2) is 6.26. The van der Waals surface area contributed by atoms with Crippen LogP contribution in [-0.2, 0) is 15.6 Å². The lowest BCUT2D eigenvalue weighted by Crippen LogP contribution is -2.12. The average Bonchev–Trinajstić information content (AvgIpc) is 2.42. The normalized spacial score (nSPS) is 12.3. The van der Waals surface area contributed by atoms with Gasteiger partial charge in [0.1, 0.15) is 6.29 Å². The number of carbonyl (C=O) groups is 1. The molecule has 0 N–H and O–H groups in total. The monoisotopic (exact) mass is 258 g/mol. The summed E-state index contributed by atoms with van der Waals surface area (Å²) in [5, 5.41) is -0.238. The second-order valence-corrected chi connectivity index (χ2v) is 5.48. The molecule has 0 aliphatic rings. The highest BCUT2D eigenvalue weighted by molar-refractivity contribution is 7.86. The Balaban J connectivity index is 2.41. The molecule has 0 bridgehead atoms. The topological polar surface area (TPSA) is 34.1 Å². The summed E-state index contributed by atoms with van der Waals surface area (Å²) >= 11 is 0. The Morgan fingerprint density at radius 1 is 0.889 bits per heavy atom. The molecule has 2 aromatic rings. The van der Waals surface area contributed by atoms with Crippen LogP contribution in [0.4, 0.5) is 0 Å². The molecule has 1 atom stereocenters. The molecule has 92 valence electrons. The Morgan fingerprint density at radius 3 is 1.72 bits per heavy atom. The fraction of sp³-hybridized carbons (Fsp3) is 0.133. The Bertz CT molecular complexity index is 483. The summed E-state index contributed by atoms with van der Waals surface area (Å²) in [7, 11) is -1.23. The van der Waals surface area contributed by atoms with Crippen molar-refractivity contribution in [1.82, 2.24) is 0 Å². The van der Waals surface area contributed by atoms with Gasteiger partial charge in [-0.15, -0.1) is 0 Å². The van der Waals surface area contributed by atoms with Crippen molar-refractivity contribution in [2.75, 3.05) is 5.75 Å². The van der Waals surface area contributed by atoms with E-state index in [0.29, 0.717) is 0 Å². The minimum absolute atomic E-state index is 0.0639. The van der Waals surface area contributed by atoms with Crippen LogP contribution in [0.15, 0.2) is 60.7 Å². The maximum Gasteiger partial charge on any atom is 0.132 e. The highest BCUT2D eigenvalue weighted by atomic mass is 32.2. The molecule has 0 saturated heterocycles. The van der Waals surface area contributed by atoms with Crippen LogP contribution in [0.25, 0.3) is 0 Å².